The molecule has 0 bridgehead atoms. The van der Waals surface area contributed by atoms with Gasteiger partial charge in [0.2, 0.25) is 0 Å². The zero-order valence-corrected chi connectivity index (χ0v) is 11.0. The van der Waals surface area contributed by atoms with Crippen LogP contribution in [0.5, 0.6) is 0 Å². The van der Waals surface area contributed by atoms with Gasteiger partial charge < -0.3 is 0 Å². The van der Waals surface area contributed by atoms with Gasteiger partial charge in [0.25, 0.3) is 0 Å². The van der Waals surface area contributed by atoms with Crippen LogP contribution in [0.4, 0.5) is 0 Å². The molecule has 0 aliphatic rings. The first-order valence-electron chi connectivity index (χ1n) is 5.77. The van der Waals surface area contributed by atoms with E-state index in [1.807, 2.05) is 0 Å². The van der Waals surface area contributed by atoms with Crippen molar-refractivity contribution >= 4 is 0 Å². The van der Waals surface area contributed by atoms with Gasteiger partial charge in [0, 0.05) is 0 Å². The third kappa shape index (κ3) is 9.83. The van der Waals surface area contributed by atoms with Gasteiger partial charge in [0.05, 0.1) is 0 Å². The standard InChI is InChI=1S/C14H28/c1-12(8-10-13(2,3)4)9-11-14(5,6)7/h1,8-11H2,2-7H3. The molecule has 0 rings (SSSR count). The van der Waals surface area contributed by atoms with Gasteiger partial charge in [0.1, 0.15) is 0 Å². The highest BCUT2D eigenvalue weighted by molar-refractivity contribution is 4.95. The maximum atomic E-state index is 4.16. The fraction of sp³-hybridized carbons (Fsp3) is 0.857. The van der Waals surface area contributed by atoms with Crippen molar-refractivity contribution in [3.63, 3.8) is 0 Å². The molecule has 0 amide bonds. The lowest BCUT2D eigenvalue weighted by atomic mass is 9.85. The van der Waals surface area contributed by atoms with Crippen molar-refractivity contribution in [1.29, 1.82) is 0 Å². The Kier molecular flexibility index (Phi) is 4.91. The third-order valence-electron chi connectivity index (χ3n) is 2.46. The van der Waals surface area contributed by atoms with Crippen molar-refractivity contribution in [1.82, 2.24) is 0 Å². The maximum Gasteiger partial charge on any atom is -0.0318 e. The van der Waals surface area contributed by atoms with Crippen LogP contribution in [0.25, 0.3) is 0 Å². The second-order valence-corrected chi connectivity index (χ2v) is 6.87. The summed E-state index contributed by atoms with van der Waals surface area (Å²) in [5.41, 5.74) is 2.32. The van der Waals surface area contributed by atoms with Crippen LogP contribution >= 0.6 is 0 Å². The Hall–Kier alpha value is -0.260. The Morgan fingerprint density at radius 3 is 1.29 bits per heavy atom. The van der Waals surface area contributed by atoms with Crippen LogP contribution in [-0.2, 0) is 0 Å². The first-order chi connectivity index (χ1) is 6.10. The highest BCUT2D eigenvalue weighted by Gasteiger charge is 2.13. The molecule has 84 valence electrons. The van der Waals surface area contributed by atoms with E-state index in [-0.39, 0.29) is 0 Å². The molecule has 14 heavy (non-hydrogen) atoms. The first kappa shape index (κ1) is 13.7. The summed E-state index contributed by atoms with van der Waals surface area (Å²) in [6.07, 6.45) is 4.91. The van der Waals surface area contributed by atoms with E-state index >= 15 is 0 Å². The molecule has 0 aromatic rings. The quantitative estimate of drug-likeness (QED) is 0.542. The zero-order chi connectivity index (χ0) is 11.4. The van der Waals surface area contributed by atoms with Gasteiger partial charge in [-0.05, 0) is 36.5 Å². The number of allylic oxidation sites excluding steroid dienone is 1. The fourth-order valence-electron chi connectivity index (χ4n) is 1.23. The first-order valence-corrected chi connectivity index (χ1v) is 5.77. The Labute approximate surface area is 90.8 Å². The van der Waals surface area contributed by atoms with E-state index in [0.717, 1.165) is 0 Å². The minimum Gasteiger partial charge on any atom is -0.0999 e. The summed E-state index contributed by atoms with van der Waals surface area (Å²) in [5, 5.41) is 0. The second-order valence-electron chi connectivity index (χ2n) is 6.87. The molecule has 0 N–H and O–H groups in total. The number of hydrogen-bond acceptors (Lipinski definition) is 0. The van der Waals surface area contributed by atoms with E-state index in [2.05, 4.69) is 48.1 Å². The molecule has 0 heteroatoms. The van der Waals surface area contributed by atoms with Crippen LogP contribution in [0.15, 0.2) is 12.2 Å². The molecule has 0 fully saturated rings. The molecule has 0 saturated heterocycles. The summed E-state index contributed by atoms with van der Waals surface area (Å²) >= 11 is 0. The average Bonchev–Trinajstić information content (AvgIpc) is 1.94. The molecule has 0 atom stereocenters. The Morgan fingerprint density at radius 2 is 1.07 bits per heavy atom. The van der Waals surface area contributed by atoms with Gasteiger partial charge in [-0.1, -0.05) is 53.7 Å². The van der Waals surface area contributed by atoms with Gasteiger partial charge in [-0.2, -0.15) is 0 Å². The monoisotopic (exact) mass is 196 g/mol. The van der Waals surface area contributed by atoms with Gasteiger partial charge >= 0.3 is 0 Å². The lowest BCUT2D eigenvalue weighted by Crippen LogP contribution is -2.07. The molecule has 0 nitrogen and oxygen atoms in total. The molecule has 0 spiro atoms. The topological polar surface area (TPSA) is 0 Å². The summed E-state index contributed by atoms with van der Waals surface area (Å²) in [5.74, 6) is 0. The van der Waals surface area contributed by atoms with E-state index in [1.165, 1.54) is 31.3 Å². The molecule has 0 aliphatic carbocycles. The summed E-state index contributed by atoms with van der Waals surface area (Å²) in [6.45, 7) is 17.9. The Balaban J connectivity index is 3.68. The number of rotatable bonds is 4. The highest BCUT2D eigenvalue weighted by Crippen LogP contribution is 2.28. The molecule has 0 aliphatic heterocycles. The van der Waals surface area contributed by atoms with Crippen LogP contribution < -0.4 is 0 Å². The minimum atomic E-state index is 0.449. The summed E-state index contributed by atoms with van der Waals surface area (Å²) < 4.78 is 0. The largest absolute Gasteiger partial charge is 0.0999 e. The van der Waals surface area contributed by atoms with Crippen LogP contribution in [0, 0.1) is 10.8 Å². The lowest BCUT2D eigenvalue weighted by Gasteiger charge is -2.21. The molecule has 0 unspecified atom stereocenters. The summed E-state index contributed by atoms with van der Waals surface area (Å²) in [7, 11) is 0. The molecule has 0 radical (unpaired) electrons. The van der Waals surface area contributed by atoms with Gasteiger partial charge in [-0.15, -0.1) is 0 Å². The normalized spacial score (nSPS) is 13.0. The van der Waals surface area contributed by atoms with Crippen molar-refractivity contribution in [3.8, 4) is 0 Å². The van der Waals surface area contributed by atoms with Crippen molar-refractivity contribution < 1.29 is 0 Å². The molecule has 0 saturated carbocycles. The average molecular weight is 196 g/mol. The molecule has 0 aromatic heterocycles. The summed E-state index contributed by atoms with van der Waals surface area (Å²) in [4.78, 5) is 0. The van der Waals surface area contributed by atoms with Gasteiger partial charge in [0.15, 0.2) is 0 Å². The van der Waals surface area contributed by atoms with Gasteiger partial charge in [-0.25, -0.2) is 0 Å². The minimum absolute atomic E-state index is 0.449. The lowest BCUT2D eigenvalue weighted by molar-refractivity contribution is 0.358. The summed E-state index contributed by atoms with van der Waals surface area (Å²) in [6, 6.07) is 0. The Morgan fingerprint density at radius 1 is 0.786 bits per heavy atom. The van der Waals surface area contributed by atoms with Crippen LogP contribution in [0.3, 0.4) is 0 Å². The van der Waals surface area contributed by atoms with Crippen molar-refractivity contribution in [2.45, 2.75) is 67.2 Å². The van der Waals surface area contributed by atoms with Crippen molar-refractivity contribution in [2.24, 2.45) is 10.8 Å². The van der Waals surface area contributed by atoms with Gasteiger partial charge in [-0.3, -0.25) is 0 Å². The van der Waals surface area contributed by atoms with Crippen LogP contribution in [0.2, 0.25) is 0 Å². The van der Waals surface area contributed by atoms with E-state index in [4.69, 9.17) is 0 Å². The highest BCUT2D eigenvalue weighted by atomic mass is 14.2. The van der Waals surface area contributed by atoms with Crippen molar-refractivity contribution in [3.05, 3.63) is 12.2 Å². The van der Waals surface area contributed by atoms with Crippen molar-refractivity contribution in [2.75, 3.05) is 0 Å². The van der Waals surface area contributed by atoms with E-state index < -0.39 is 0 Å². The predicted octanol–water partition coefficient (Wildman–Crippen LogP) is 5.20. The maximum absolute atomic E-state index is 4.16. The van der Waals surface area contributed by atoms with E-state index in [9.17, 15) is 0 Å². The zero-order valence-electron chi connectivity index (χ0n) is 11.0. The second kappa shape index (κ2) is 5.00. The molecular formula is C14H28. The van der Waals surface area contributed by atoms with Crippen LogP contribution in [0.1, 0.15) is 67.2 Å². The molecule has 0 aromatic carbocycles. The van der Waals surface area contributed by atoms with E-state index in [0.29, 0.717) is 10.8 Å². The SMILES string of the molecule is C=C(CCC(C)(C)C)CCC(C)(C)C. The van der Waals surface area contributed by atoms with E-state index in [1.54, 1.807) is 0 Å². The smallest absolute Gasteiger partial charge is 0.0318 e. The molecular weight excluding hydrogens is 168 g/mol. The van der Waals surface area contributed by atoms with Crippen LogP contribution in [-0.4, -0.2) is 0 Å². The predicted molar refractivity (Wildman–Crippen MR) is 66.5 cm³/mol. The third-order valence-corrected chi connectivity index (χ3v) is 2.46. The number of hydrogen-bond donors (Lipinski definition) is 0. The fourth-order valence-corrected chi connectivity index (χ4v) is 1.23. The Bertz CT molecular complexity index is 153. The molecule has 0 heterocycles.